The van der Waals surface area contributed by atoms with Crippen LogP contribution in [0.4, 0.5) is 10.3 Å². The Morgan fingerprint density at radius 2 is 1.86 bits per heavy atom. The third-order valence-corrected chi connectivity index (χ3v) is 5.85. The molecule has 0 fully saturated rings. The van der Waals surface area contributed by atoms with Gasteiger partial charge in [0, 0.05) is 34.1 Å². The van der Waals surface area contributed by atoms with Crippen LogP contribution in [0.3, 0.4) is 0 Å². The highest BCUT2D eigenvalue weighted by molar-refractivity contribution is 7.14. The van der Waals surface area contributed by atoms with Gasteiger partial charge in [0.25, 0.3) is 5.91 Å². The van der Waals surface area contributed by atoms with Gasteiger partial charge in [0.15, 0.2) is 10.3 Å². The maximum Gasteiger partial charge on any atom is 0.258 e. The van der Waals surface area contributed by atoms with Gasteiger partial charge < -0.3 is 5.32 Å². The highest BCUT2D eigenvalue weighted by Gasteiger charge is 2.13. The SMILES string of the molecule is O=C(Cc1csc(NC(=O)c2ccsc2)n1)Nc1nc(-c2cccnc2)cs1. The number of hydrogen-bond acceptors (Lipinski definition) is 8. The summed E-state index contributed by atoms with van der Waals surface area (Å²) in [7, 11) is 0. The van der Waals surface area contributed by atoms with Gasteiger partial charge in [-0.05, 0) is 23.6 Å². The van der Waals surface area contributed by atoms with Gasteiger partial charge in [0.1, 0.15) is 0 Å². The Balaban J connectivity index is 1.34. The van der Waals surface area contributed by atoms with Gasteiger partial charge in [-0.25, -0.2) is 9.97 Å². The van der Waals surface area contributed by atoms with Crippen molar-refractivity contribution in [3.63, 3.8) is 0 Å². The molecule has 0 aliphatic carbocycles. The number of pyridine rings is 1. The molecule has 0 saturated carbocycles. The molecule has 4 heterocycles. The number of carbonyl (C=O) groups excluding carboxylic acids is 2. The topological polar surface area (TPSA) is 96.9 Å². The quantitative estimate of drug-likeness (QED) is 0.482. The van der Waals surface area contributed by atoms with Crippen LogP contribution >= 0.6 is 34.0 Å². The van der Waals surface area contributed by atoms with Crippen molar-refractivity contribution >= 4 is 56.1 Å². The van der Waals surface area contributed by atoms with Crippen LogP contribution in [0.5, 0.6) is 0 Å². The molecule has 0 saturated heterocycles. The van der Waals surface area contributed by atoms with Crippen LogP contribution in [0.15, 0.2) is 52.1 Å². The minimum atomic E-state index is -0.215. The number of rotatable bonds is 6. The van der Waals surface area contributed by atoms with Crippen LogP contribution in [0.1, 0.15) is 16.1 Å². The minimum Gasteiger partial charge on any atom is -0.302 e. The van der Waals surface area contributed by atoms with Crippen LogP contribution < -0.4 is 10.6 Å². The van der Waals surface area contributed by atoms with E-state index >= 15 is 0 Å². The van der Waals surface area contributed by atoms with E-state index in [0.717, 1.165) is 11.3 Å². The fourth-order valence-electron chi connectivity index (χ4n) is 2.31. The molecule has 4 rings (SSSR count). The van der Waals surface area contributed by atoms with Gasteiger partial charge in [0.2, 0.25) is 5.91 Å². The number of aromatic nitrogens is 3. The van der Waals surface area contributed by atoms with Gasteiger partial charge in [-0.15, -0.1) is 22.7 Å². The smallest absolute Gasteiger partial charge is 0.258 e. The highest BCUT2D eigenvalue weighted by atomic mass is 32.1. The molecule has 0 aliphatic rings. The first-order valence-electron chi connectivity index (χ1n) is 8.11. The number of nitrogens with one attached hydrogen (secondary N) is 2. The number of thiazole rings is 2. The summed E-state index contributed by atoms with van der Waals surface area (Å²) in [6.45, 7) is 0. The Kier molecular flexibility index (Phi) is 5.51. The summed E-state index contributed by atoms with van der Waals surface area (Å²) in [6, 6.07) is 5.49. The number of amides is 2. The normalized spacial score (nSPS) is 10.6. The fraction of sp³-hybridized carbons (Fsp3) is 0.0556. The van der Waals surface area contributed by atoms with Crippen molar-refractivity contribution in [2.45, 2.75) is 6.42 Å². The van der Waals surface area contributed by atoms with E-state index in [2.05, 4.69) is 25.6 Å². The lowest BCUT2D eigenvalue weighted by molar-refractivity contribution is -0.115. The number of thiophene rings is 1. The molecule has 2 N–H and O–H groups in total. The molecule has 0 aliphatic heterocycles. The minimum absolute atomic E-state index is 0.104. The van der Waals surface area contributed by atoms with E-state index in [-0.39, 0.29) is 18.2 Å². The van der Waals surface area contributed by atoms with E-state index in [4.69, 9.17) is 0 Å². The molecule has 4 aromatic rings. The van der Waals surface area contributed by atoms with Gasteiger partial charge >= 0.3 is 0 Å². The molecule has 0 aromatic carbocycles. The summed E-state index contributed by atoms with van der Waals surface area (Å²) in [5.74, 6) is -0.426. The van der Waals surface area contributed by atoms with Gasteiger partial charge in [-0.3, -0.25) is 19.9 Å². The van der Waals surface area contributed by atoms with E-state index in [1.807, 2.05) is 22.9 Å². The summed E-state index contributed by atoms with van der Waals surface area (Å²) in [4.78, 5) is 37.1. The first-order chi connectivity index (χ1) is 13.7. The van der Waals surface area contributed by atoms with Crippen LogP contribution in [0.2, 0.25) is 0 Å². The average Bonchev–Trinajstić information content (AvgIpc) is 3.44. The van der Waals surface area contributed by atoms with E-state index < -0.39 is 0 Å². The molecule has 140 valence electrons. The molecule has 10 heteroatoms. The molecular weight excluding hydrogens is 414 g/mol. The number of carbonyl (C=O) groups is 2. The van der Waals surface area contributed by atoms with Crippen molar-refractivity contribution in [3.8, 4) is 11.3 Å². The Bertz CT molecular complexity index is 1090. The Hall–Kier alpha value is -2.95. The second kappa shape index (κ2) is 8.38. The van der Waals surface area contributed by atoms with Gasteiger partial charge in [-0.1, -0.05) is 0 Å². The van der Waals surface area contributed by atoms with Crippen molar-refractivity contribution in [3.05, 3.63) is 63.4 Å². The Morgan fingerprint density at radius 1 is 1.00 bits per heavy atom. The number of nitrogens with zero attached hydrogens (tertiary/aromatic N) is 3. The molecule has 28 heavy (non-hydrogen) atoms. The van der Waals surface area contributed by atoms with Crippen LogP contribution in [0, 0.1) is 0 Å². The predicted octanol–water partition coefficient (Wildman–Crippen LogP) is 4.16. The van der Waals surface area contributed by atoms with Crippen molar-refractivity contribution in [2.24, 2.45) is 0 Å². The average molecular weight is 428 g/mol. The molecule has 2 amide bonds. The molecule has 4 aromatic heterocycles. The maximum absolute atomic E-state index is 12.3. The Labute approximate surface area is 172 Å². The third kappa shape index (κ3) is 4.47. The first kappa shape index (κ1) is 18.4. The largest absolute Gasteiger partial charge is 0.302 e. The van der Waals surface area contributed by atoms with Crippen LogP contribution in [-0.4, -0.2) is 26.8 Å². The molecule has 0 atom stereocenters. The highest BCUT2D eigenvalue weighted by Crippen LogP contribution is 2.24. The lowest BCUT2D eigenvalue weighted by Crippen LogP contribution is -2.15. The number of anilines is 2. The third-order valence-electron chi connectivity index (χ3n) is 3.61. The Morgan fingerprint density at radius 3 is 2.64 bits per heavy atom. The maximum atomic E-state index is 12.3. The van der Waals surface area contributed by atoms with Crippen LogP contribution in [-0.2, 0) is 11.2 Å². The van der Waals surface area contributed by atoms with E-state index in [0.29, 0.717) is 21.5 Å². The molecule has 0 radical (unpaired) electrons. The second-order valence-electron chi connectivity index (χ2n) is 5.61. The molecule has 0 unspecified atom stereocenters. The zero-order valence-corrected chi connectivity index (χ0v) is 16.7. The van der Waals surface area contributed by atoms with E-state index in [1.54, 1.807) is 29.2 Å². The van der Waals surface area contributed by atoms with Crippen molar-refractivity contribution < 1.29 is 9.59 Å². The number of hydrogen-bond donors (Lipinski definition) is 2. The second-order valence-corrected chi connectivity index (χ2v) is 8.11. The molecule has 7 nitrogen and oxygen atoms in total. The fourth-order valence-corrected chi connectivity index (χ4v) is 4.39. The lowest BCUT2D eigenvalue weighted by atomic mass is 10.2. The van der Waals surface area contributed by atoms with Gasteiger partial charge in [0.05, 0.1) is 23.4 Å². The van der Waals surface area contributed by atoms with E-state index in [1.165, 1.54) is 34.0 Å². The van der Waals surface area contributed by atoms with Crippen LogP contribution in [0.25, 0.3) is 11.3 Å². The monoisotopic (exact) mass is 427 g/mol. The molecule has 0 bridgehead atoms. The van der Waals surface area contributed by atoms with Crippen molar-refractivity contribution in [1.29, 1.82) is 0 Å². The summed E-state index contributed by atoms with van der Waals surface area (Å²) >= 11 is 4.09. The lowest BCUT2D eigenvalue weighted by Gasteiger charge is -2.00. The summed E-state index contributed by atoms with van der Waals surface area (Å²) in [5.41, 5.74) is 2.84. The zero-order chi connectivity index (χ0) is 19.3. The first-order valence-corrected chi connectivity index (χ1v) is 10.8. The standard InChI is InChI=1S/C18H13N5O2S3/c24-15(22-18-21-14(10-28-18)11-2-1-4-19-7-11)6-13-9-27-17(20-13)23-16(25)12-3-5-26-8-12/h1-5,7-10H,6H2,(H,20,23,25)(H,21,22,24). The van der Waals surface area contributed by atoms with Crippen molar-refractivity contribution in [1.82, 2.24) is 15.0 Å². The van der Waals surface area contributed by atoms with E-state index in [9.17, 15) is 9.59 Å². The summed E-state index contributed by atoms with van der Waals surface area (Å²) in [6.07, 6.45) is 3.53. The molecule has 0 spiro atoms. The summed E-state index contributed by atoms with van der Waals surface area (Å²) < 4.78 is 0. The molecular formula is C18H13N5O2S3. The zero-order valence-electron chi connectivity index (χ0n) is 14.3. The van der Waals surface area contributed by atoms with Crippen molar-refractivity contribution in [2.75, 3.05) is 10.6 Å². The predicted molar refractivity (Wildman–Crippen MR) is 112 cm³/mol. The summed E-state index contributed by atoms with van der Waals surface area (Å²) in [5, 5.41) is 13.7. The van der Waals surface area contributed by atoms with Gasteiger partial charge in [-0.2, -0.15) is 11.3 Å².